The van der Waals surface area contributed by atoms with Crippen molar-refractivity contribution in [3.63, 3.8) is 0 Å². The standard InChI is InChI=1S/C12H20O2/c1-11(2,3)14-10(13)7-6-9-8-12(9,4)5/h6-7,9H,8H2,1-5H3. The Hall–Kier alpha value is -0.790. The second-order valence-corrected chi connectivity index (χ2v) is 5.69. The van der Waals surface area contributed by atoms with Gasteiger partial charge in [-0.15, -0.1) is 0 Å². The van der Waals surface area contributed by atoms with Crippen LogP contribution >= 0.6 is 0 Å². The largest absolute Gasteiger partial charge is 0.457 e. The molecule has 0 saturated heterocycles. The minimum absolute atomic E-state index is 0.236. The van der Waals surface area contributed by atoms with Gasteiger partial charge in [-0.25, -0.2) is 4.79 Å². The van der Waals surface area contributed by atoms with E-state index in [0.29, 0.717) is 11.3 Å². The lowest BCUT2D eigenvalue weighted by Crippen LogP contribution is -2.22. The highest BCUT2D eigenvalue weighted by molar-refractivity contribution is 5.82. The third-order valence-electron chi connectivity index (χ3n) is 2.46. The van der Waals surface area contributed by atoms with E-state index in [1.165, 1.54) is 6.42 Å². The van der Waals surface area contributed by atoms with Gasteiger partial charge in [0, 0.05) is 6.08 Å². The van der Waals surface area contributed by atoms with E-state index in [-0.39, 0.29) is 11.6 Å². The molecule has 1 aliphatic rings. The van der Waals surface area contributed by atoms with Crippen LogP contribution in [0.15, 0.2) is 12.2 Å². The minimum Gasteiger partial charge on any atom is -0.457 e. The Kier molecular flexibility index (Phi) is 2.75. The van der Waals surface area contributed by atoms with Crippen LogP contribution in [0.25, 0.3) is 0 Å². The third kappa shape index (κ3) is 3.52. The number of carbonyl (C=O) groups excluding carboxylic acids is 1. The quantitative estimate of drug-likeness (QED) is 0.501. The maximum absolute atomic E-state index is 11.3. The molecule has 1 rings (SSSR count). The molecule has 1 aliphatic carbocycles. The van der Waals surface area contributed by atoms with E-state index in [2.05, 4.69) is 13.8 Å². The average Bonchev–Trinajstić information content (AvgIpc) is 2.51. The Bertz CT molecular complexity index is 256. The molecule has 0 radical (unpaired) electrons. The number of esters is 1. The molecule has 2 nitrogen and oxygen atoms in total. The molecule has 0 spiro atoms. The van der Waals surface area contributed by atoms with Gasteiger partial charge in [0.1, 0.15) is 5.60 Å². The van der Waals surface area contributed by atoms with Crippen molar-refractivity contribution in [2.75, 3.05) is 0 Å². The number of hydrogen-bond donors (Lipinski definition) is 0. The molecule has 2 heteroatoms. The highest BCUT2D eigenvalue weighted by Crippen LogP contribution is 2.52. The first kappa shape index (κ1) is 11.3. The minimum atomic E-state index is -0.388. The Balaban J connectivity index is 2.35. The summed E-state index contributed by atoms with van der Waals surface area (Å²) in [5.74, 6) is 0.315. The van der Waals surface area contributed by atoms with Crippen LogP contribution in [0, 0.1) is 11.3 Å². The van der Waals surface area contributed by atoms with Crippen LogP contribution in [0.5, 0.6) is 0 Å². The molecule has 0 heterocycles. The highest BCUT2D eigenvalue weighted by Gasteiger charge is 2.43. The van der Waals surface area contributed by atoms with E-state index >= 15 is 0 Å². The fraction of sp³-hybridized carbons (Fsp3) is 0.750. The predicted octanol–water partition coefficient (Wildman–Crippen LogP) is 2.93. The number of hydrogen-bond acceptors (Lipinski definition) is 2. The summed E-state index contributed by atoms with van der Waals surface area (Å²) in [5.41, 5.74) is -0.000987. The first-order valence-corrected chi connectivity index (χ1v) is 5.12. The van der Waals surface area contributed by atoms with E-state index in [1.54, 1.807) is 6.08 Å². The molecule has 0 amide bonds. The van der Waals surface area contributed by atoms with Gasteiger partial charge in [0.05, 0.1) is 0 Å². The maximum Gasteiger partial charge on any atom is 0.330 e. The van der Waals surface area contributed by atoms with Crippen molar-refractivity contribution in [1.82, 2.24) is 0 Å². The molecule has 1 atom stereocenters. The van der Waals surface area contributed by atoms with Crippen LogP contribution in [-0.2, 0) is 9.53 Å². The molecular formula is C12H20O2. The second-order valence-electron chi connectivity index (χ2n) is 5.69. The van der Waals surface area contributed by atoms with Crippen LogP contribution in [0.3, 0.4) is 0 Å². The predicted molar refractivity (Wildman–Crippen MR) is 56.9 cm³/mol. The highest BCUT2D eigenvalue weighted by atomic mass is 16.6. The summed E-state index contributed by atoms with van der Waals surface area (Å²) in [7, 11) is 0. The smallest absolute Gasteiger partial charge is 0.330 e. The summed E-state index contributed by atoms with van der Waals surface area (Å²) in [5, 5.41) is 0. The zero-order chi connectivity index (χ0) is 11.0. The molecule has 0 aliphatic heterocycles. The van der Waals surface area contributed by atoms with Crippen molar-refractivity contribution in [3.05, 3.63) is 12.2 Å². The number of allylic oxidation sites excluding steroid dienone is 1. The van der Waals surface area contributed by atoms with E-state index in [0.717, 1.165) is 0 Å². The van der Waals surface area contributed by atoms with Gasteiger partial charge in [0.15, 0.2) is 0 Å². The number of rotatable bonds is 2. The molecule has 80 valence electrons. The Morgan fingerprint density at radius 2 is 1.93 bits per heavy atom. The van der Waals surface area contributed by atoms with Crippen molar-refractivity contribution >= 4 is 5.97 Å². The summed E-state index contributed by atoms with van der Waals surface area (Å²) >= 11 is 0. The first-order chi connectivity index (χ1) is 6.21. The molecule has 0 aromatic carbocycles. The Morgan fingerprint density at radius 1 is 1.43 bits per heavy atom. The van der Waals surface area contributed by atoms with Crippen molar-refractivity contribution in [3.8, 4) is 0 Å². The molecule has 0 N–H and O–H groups in total. The Labute approximate surface area is 86.3 Å². The Morgan fingerprint density at radius 3 is 2.29 bits per heavy atom. The molecule has 14 heavy (non-hydrogen) atoms. The van der Waals surface area contributed by atoms with Crippen molar-refractivity contribution in [1.29, 1.82) is 0 Å². The molecular weight excluding hydrogens is 176 g/mol. The number of ether oxygens (including phenoxy) is 1. The van der Waals surface area contributed by atoms with Crippen LogP contribution in [0.2, 0.25) is 0 Å². The fourth-order valence-corrected chi connectivity index (χ4v) is 1.37. The van der Waals surface area contributed by atoms with Crippen molar-refractivity contribution < 1.29 is 9.53 Å². The van der Waals surface area contributed by atoms with Gasteiger partial charge >= 0.3 is 5.97 Å². The molecule has 0 aromatic rings. The van der Waals surface area contributed by atoms with Gasteiger partial charge in [-0.3, -0.25) is 0 Å². The maximum atomic E-state index is 11.3. The van der Waals surface area contributed by atoms with Crippen molar-refractivity contribution in [2.24, 2.45) is 11.3 Å². The van der Waals surface area contributed by atoms with Gasteiger partial charge < -0.3 is 4.74 Å². The SMILES string of the molecule is CC(C)(C)OC(=O)C=CC1CC1(C)C. The second kappa shape index (κ2) is 3.41. The van der Waals surface area contributed by atoms with Gasteiger partial charge in [0.25, 0.3) is 0 Å². The summed E-state index contributed by atoms with van der Waals surface area (Å²) in [6.07, 6.45) is 4.70. The van der Waals surface area contributed by atoms with Crippen molar-refractivity contribution in [2.45, 2.75) is 46.6 Å². The van der Waals surface area contributed by atoms with Gasteiger partial charge in [-0.05, 0) is 38.5 Å². The van der Waals surface area contributed by atoms with Crippen LogP contribution in [0.1, 0.15) is 41.0 Å². The first-order valence-electron chi connectivity index (χ1n) is 5.12. The number of carbonyl (C=O) groups is 1. The zero-order valence-electron chi connectivity index (χ0n) is 9.76. The lowest BCUT2D eigenvalue weighted by molar-refractivity contribution is -0.148. The van der Waals surface area contributed by atoms with E-state index in [4.69, 9.17) is 4.74 Å². The normalized spacial score (nSPS) is 25.1. The summed E-state index contributed by atoms with van der Waals surface area (Å²) in [6.45, 7) is 10.0. The van der Waals surface area contributed by atoms with Crippen LogP contribution < -0.4 is 0 Å². The third-order valence-corrected chi connectivity index (χ3v) is 2.46. The van der Waals surface area contributed by atoms with E-state index in [1.807, 2.05) is 26.8 Å². The topological polar surface area (TPSA) is 26.3 Å². The monoisotopic (exact) mass is 196 g/mol. The summed E-state index contributed by atoms with van der Waals surface area (Å²) in [6, 6.07) is 0. The molecule has 1 unspecified atom stereocenters. The zero-order valence-corrected chi connectivity index (χ0v) is 9.76. The summed E-state index contributed by atoms with van der Waals surface area (Å²) < 4.78 is 5.16. The van der Waals surface area contributed by atoms with Crippen LogP contribution in [-0.4, -0.2) is 11.6 Å². The van der Waals surface area contributed by atoms with E-state index < -0.39 is 0 Å². The lowest BCUT2D eigenvalue weighted by Gasteiger charge is -2.17. The van der Waals surface area contributed by atoms with Gasteiger partial charge in [0.2, 0.25) is 0 Å². The van der Waals surface area contributed by atoms with Gasteiger partial charge in [-0.2, -0.15) is 0 Å². The lowest BCUT2D eigenvalue weighted by atomic mass is 10.1. The summed E-state index contributed by atoms with van der Waals surface area (Å²) in [4.78, 5) is 11.3. The van der Waals surface area contributed by atoms with E-state index in [9.17, 15) is 4.79 Å². The molecule has 0 bridgehead atoms. The molecule has 1 saturated carbocycles. The van der Waals surface area contributed by atoms with Crippen LogP contribution in [0.4, 0.5) is 0 Å². The van der Waals surface area contributed by atoms with Gasteiger partial charge in [-0.1, -0.05) is 19.9 Å². The molecule has 0 aromatic heterocycles. The average molecular weight is 196 g/mol. The fourth-order valence-electron chi connectivity index (χ4n) is 1.37. The molecule has 1 fully saturated rings.